The van der Waals surface area contributed by atoms with E-state index in [4.69, 9.17) is 4.74 Å². The largest absolute Gasteiger partial charge is 0.493 e. The van der Waals surface area contributed by atoms with Crippen molar-refractivity contribution < 1.29 is 14.2 Å². The van der Waals surface area contributed by atoms with Crippen molar-refractivity contribution in [2.24, 2.45) is 0 Å². The number of fused-ring (bicyclic) bond motifs is 1. The average Bonchev–Trinajstić information content (AvgIpc) is 2.87. The van der Waals surface area contributed by atoms with Gasteiger partial charge in [-0.25, -0.2) is 4.39 Å². The first-order valence-corrected chi connectivity index (χ1v) is 6.18. The highest BCUT2D eigenvalue weighted by Gasteiger charge is 2.32. The molecule has 1 aromatic heterocycles. The van der Waals surface area contributed by atoms with E-state index in [9.17, 15) is 9.50 Å². The van der Waals surface area contributed by atoms with E-state index in [0.717, 1.165) is 23.9 Å². The molecule has 4 heteroatoms. The molecule has 98 valence electrons. The number of para-hydroxylation sites is 1. The van der Waals surface area contributed by atoms with E-state index < -0.39 is 11.4 Å². The van der Waals surface area contributed by atoms with Crippen molar-refractivity contribution in [2.75, 3.05) is 6.61 Å². The summed E-state index contributed by atoms with van der Waals surface area (Å²) in [5.41, 5.74) is 0.850. The SMILES string of the molecule is CC(O)(c1ccc(F)cn1)c1cccc2c1OCC2. The maximum absolute atomic E-state index is 12.9. The second kappa shape index (κ2) is 4.31. The van der Waals surface area contributed by atoms with Crippen molar-refractivity contribution in [1.29, 1.82) is 0 Å². The zero-order valence-electron chi connectivity index (χ0n) is 10.6. The van der Waals surface area contributed by atoms with Crippen molar-refractivity contribution in [3.63, 3.8) is 0 Å². The van der Waals surface area contributed by atoms with Crippen LogP contribution in [-0.2, 0) is 12.0 Å². The molecule has 0 bridgehead atoms. The zero-order valence-corrected chi connectivity index (χ0v) is 10.6. The molecule has 0 radical (unpaired) electrons. The third-order valence-corrected chi connectivity index (χ3v) is 3.46. The number of nitrogens with zero attached hydrogens (tertiary/aromatic N) is 1. The van der Waals surface area contributed by atoms with Crippen molar-refractivity contribution in [2.45, 2.75) is 18.9 Å². The second-order valence-electron chi connectivity index (χ2n) is 4.83. The van der Waals surface area contributed by atoms with Crippen molar-refractivity contribution in [3.8, 4) is 5.75 Å². The summed E-state index contributed by atoms with van der Waals surface area (Å²) in [7, 11) is 0. The van der Waals surface area contributed by atoms with Crippen molar-refractivity contribution in [3.05, 3.63) is 59.2 Å². The number of hydrogen-bond acceptors (Lipinski definition) is 3. The molecular weight excluding hydrogens is 245 g/mol. The molecule has 0 saturated heterocycles. The van der Waals surface area contributed by atoms with E-state index in [0.29, 0.717) is 17.9 Å². The lowest BCUT2D eigenvalue weighted by Gasteiger charge is -2.25. The maximum Gasteiger partial charge on any atom is 0.141 e. The molecule has 1 aliphatic rings. The Morgan fingerprint density at radius 2 is 2.16 bits per heavy atom. The van der Waals surface area contributed by atoms with Gasteiger partial charge in [0.1, 0.15) is 17.2 Å². The summed E-state index contributed by atoms with van der Waals surface area (Å²) in [5.74, 6) is 0.299. The van der Waals surface area contributed by atoms with Crippen LogP contribution in [0.2, 0.25) is 0 Å². The van der Waals surface area contributed by atoms with Gasteiger partial charge in [-0.05, 0) is 24.6 Å². The van der Waals surface area contributed by atoms with Gasteiger partial charge in [0, 0.05) is 12.0 Å². The summed E-state index contributed by atoms with van der Waals surface area (Å²) in [5, 5.41) is 10.7. The Kier molecular flexibility index (Phi) is 2.75. The van der Waals surface area contributed by atoms with Crippen LogP contribution in [0, 0.1) is 5.82 Å². The van der Waals surface area contributed by atoms with Crippen LogP contribution in [0.15, 0.2) is 36.5 Å². The van der Waals surface area contributed by atoms with Gasteiger partial charge in [-0.1, -0.05) is 18.2 Å². The Bertz CT molecular complexity index is 608. The third-order valence-electron chi connectivity index (χ3n) is 3.46. The van der Waals surface area contributed by atoms with Gasteiger partial charge in [-0.2, -0.15) is 0 Å². The zero-order chi connectivity index (χ0) is 13.5. The summed E-state index contributed by atoms with van der Waals surface area (Å²) < 4.78 is 18.5. The number of rotatable bonds is 2. The first-order chi connectivity index (χ1) is 9.09. The Balaban J connectivity index is 2.10. The summed E-state index contributed by atoms with van der Waals surface area (Å²) in [6, 6.07) is 8.47. The summed E-state index contributed by atoms with van der Waals surface area (Å²) >= 11 is 0. The number of pyridine rings is 1. The van der Waals surface area contributed by atoms with Gasteiger partial charge in [-0.15, -0.1) is 0 Å². The van der Waals surface area contributed by atoms with Crippen molar-refractivity contribution >= 4 is 0 Å². The van der Waals surface area contributed by atoms with Gasteiger partial charge in [0.2, 0.25) is 0 Å². The topological polar surface area (TPSA) is 42.4 Å². The molecule has 2 aromatic rings. The minimum atomic E-state index is -1.30. The molecule has 1 aromatic carbocycles. The lowest BCUT2D eigenvalue weighted by Crippen LogP contribution is -2.25. The number of benzene rings is 1. The van der Waals surface area contributed by atoms with Gasteiger partial charge < -0.3 is 9.84 Å². The van der Waals surface area contributed by atoms with Crippen LogP contribution < -0.4 is 4.74 Å². The number of ether oxygens (including phenoxy) is 1. The molecule has 1 aliphatic heterocycles. The highest BCUT2D eigenvalue weighted by molar-refractivity contribution is 5.49. The van der Waals surface area contributed by atoms with E-state index in [-0.39, 0.29) is 0 Å². The van der Waals surface area contributed by atoms with Crippen LogP contribution in [0.5, 0.6) is 5.75 Å². The lowest BCUT2D eigenvalue weighted by atomic mass is 9.90. The Hall–Kier alpha value is -1.94. The molecule has 19 heavy (non-hydrogen) atoms. The minimum absolute atomic E-state index is 0.401. The van der Waals surface area contributed by atoms with Crippen LogP contribution in [0.3, 0.4) is 0 Å². The average molecular weight is 259 g/mol. The molecule has 3 rings (SSSR count). The molecule has 0 saturated carbocycles. The summed E-state index contributed by atoms with van der Waals surface area (Å²) in [6.07, 6.45) is 1.95. The van der Waals surface area contributed by atoms with E-state index in [2.05, 4.69) is 4.98 Å². The molecule has 3 nitrogen and oxygen atoms in total. The van der Waals surface area contributed by atoms with E-state index >= 15 is 0 Å². The lowest BCUT2D eigenvalue weighted by molar-refractivity contribution is 0.0939. The third kappa shape index (κ3) is 1.98. The molecule has 1 unspecified atom stereocenters. The van der Waals surface area contributed by atoms with Gasteiger partial charge >= 0.3 is 0 Å². The fourth-order valence-electron chi connectivity index (χ4n) is 2.40. The van der Waals surface area contributed by atoms with Crippen LogP contribution in [0.4, 0.5) is 4.39 Å². The Morgan fingerprint density at radius 3 is 2.89 bits per heavy atom. The predicted octanol–water partition coefficient (Wildman–Crippen LogP) is 2.41. The Labute approximate surface area is 110 Å². The second-order valence-corrected chi connectivity index (χ2v) is 4.83. The number of hydrogen-bond donors (Lipinski definition) is 1. The first kappa shape index (κ1) is 12.1. The molecule has 0 amide bonds. The fourth-order valence-corrected chi connectivity index (χ4v) is 2.40. The van der Waals surface area contributed by atoms with Crippen LogP contribution in [-0.4, -0.2) is 16.7 Å². The van der Waals surface area contributed by atoms with Gasteiger partial charge in [0.05, 0.1) is 18.5 Å². The monoisotopic (exact) mass is 259 g/mol. The quantitative estimate of drug-likeness (QED) is 0.900. The van der Waals surface area contributed by atoms with Crippen LogP contribution in [0.25, 0.3) is 0 Å². The number of halogens is 1. The van der Waals surface area contributed by atoms with E-state index in [1.54, 1.807) is 6.92 Å². The molecule has 0 spiro atoms. The summed E-state index contributed by atoms with van der Waals surface area (Å²) in [4.78, 5) is 3.97. The minimum Gasteiger partial charge on any atom is -0.493 e. The molecule has 0 aliphatic carbocycles. The van der Waals surface area contributed by atoms with Gasteiger partial charge in [-0.3, -0.25) is 4.98 Å². The predicted molar refractivity (Wildman–Crippen MR) is 68.5 cm³/mol. The van der Waals surface area contributed by atoms with Crippen LogP contribution in [0.1, 0.15) is 23.7 Å². The number of aliphatic hydroxyl groups is 1. The normalized spacial score (nSPS) is 16.6. The highest BCUT2D eigenvalue weighted by Crippen LogP contribution is 2.39. The van der Waals surface area contributed by atoms with Gasteiger partial charge in [0.25, 0.3) is 0 Å². The maximum atomic E-state index is 12.9. The van der Waals surface area contributed by atoms with Crippen molar-refractivity contribution in [1.82, 2.24) is 4.98 Å². The smallest absolute Gasteiger partial charge is 0.141 e. The van der Waals surface area contributed by atoms with Crippen LogP contribution >= 0.6 is 0 Å². The van der Waals surface area contributed by atoms with Gasteiger partial charge in [0.15, 0.2) is 0 Å². The standard InChI is InChI=1S/C15H14FNO2/c1-15(18,13-6-5-11(16)9-17-13)12-4-2-3-10-7-8-19-14(10)12/h2-6,9,18H,7-8H2,1H3. The molecule has 0 fully saturated rings. The van der Waals surface area contributed by atoms with E-state index in [1.165, 1.54) is 12.1 Å². The first-order valence-electron chi connectivity index (χ1n) is 6.18. The number of aromatic nitrogens is 1. The molecular formula is C15H14FNO2. The summed E-state index contributed by atoms with van der Waals surface area (Å²) in [6.45, 7) is 2.27. The Morgan fingerprint density at radius 1 is 1.32 bits per heavy atom. The molecule has 1 N–H and O–H groups in total. The molecule has 2 heterocycles. The highest BCUT2D eigenvalue weighted by atomic mass is 19.1. The fraction of sp³-hybridized carbons (Fsp3) is 0.267. The van der Waals surface area contributed by atoms with E-state index in [1.807, 2.05) is 18.2 Å². The molecule has 1 atom stereocenters.